The second kappa shape index (κ2) is 3.63. The van der Waals surface area contributed by atoms with E-state index in [0.717, 1.165) is 12.1 Å². The molecule has 16 heavy (non-hydrogen) atoms. The first kappa shape index (κ1) is 9.39. The second-order valence-corrected chi connectivity index (χ2v) is 4.20. The fraction of sp³-hybridized carbons (Fsp3) is 0.333. The Labute approximate surface area is 93.1 Å². The third-order valence-corrected chi connectivity index (χ3v) is 2.85. The van der Waals surface area contributed by atoms with Crippen LogP contribution in [-0.4, -0.2) is 5.27 Å². The first-order valence-corrected chi connectivity index (χ1v) is 5.47. The molecule has 0 atom stereocenters. The monoisotopic (exact) mass is 216 g/mol. The summed E-state index contributed by atoms with van der Waals surface area (Å²) in [7, 11) is 0. The van der Waals surface area contributed by atoms with Gasteiger partial charge in [0.25, 0.3) is 5.69 Å². The Balaban J connectivity index is 2.01. The summed E-state index contributed by atoms with van der Waals surface area (Å²) < 4.78 is 6.43. The number of hydrogen-bond acceptors (Lipinski definition) is 3. The van der Waals surface area contributed by atoms with Crippen LogP contribution in [-0.2, 0) is 6.54 Å². The van der Waals surface area contributed by atoms with Gasteiger partial charge in [0.1, 0.15) is 0 Å². The number of benzene rings is 1. The normalized spacial score (nSPS) is 15.2. The minimum absolute atomic E-state index is 0.355. The SMILES string of the molecule is [O-]c1on[n+](CC2CC2)c1-c1ccccc1. The van der Waals surface area contributed by atoms with Crippen LogP contribution in [0.15, 0.2) is 34.9 Å². The molecule has 1 aliphatic carbocycles. The van der Waals surface area contributed by atoms with Crippen molar-refractivity contribution in [1.29, 1.82) is 0 Å². The van der Waals surface area contributed by atoms with Gasteiger partial charge in [-0.1, -0.05) is 22.9 Å². The summed E-state index contributed by atoms with van der Waals surface area (Å²) in [4.78, 5) is 0. The fourth-order valence-electron chi connectivity index (χ4n) is 1.81. The van der Waals surface area contributed by atoms with Crippen LogP contribution in [0.25, 0.3) is 11.3 Å². The highest BCUT2D eigenvalue weighted by Gasteiger charge is 2.30. The molecule has 4 nitrogen and oxygen atoms in total. The molecule has 0 N–H and O–H groups in total. The predicted molar refractivity (Wildman–Crippen MR) is 54.3 cm³/mol. The van der Waals surface area contributed by atoms with Gasteiger partial charge < -0.3 is 9.63 Å². The van der Waals surface area contributed by atoms with Crippen molar-refractivity contribution in [2.24, 2.45) is 5.92 Å². The molecule has 1 saturated carbocycles. The van der Waals surface area contributed by atoms with Crippen LogP contribution in [0.3, 0.4) is 0 Å². The zero-order chi connectivity index (χ0) is 11.0. The largest absolute Gasteiger partial charge is 0.539 e. The van der Waals surface area contributed by atoms with Crippen molar-refractivity contribution in [1.82, 2.24) is 5.27 Å². The van der Waals surface area contributed by atoms with Crippen LogP contribution in [0.1, 0.15) is 12.8 Å². The van der Waals surface area contributed by atoms with Gasteiger partial charge in [-0.25, -0.2) is 0 Å². The van der Waals surface area contributed by atoms with Crippen molar-refractivity contribution in [2.75, 3.05) is 0 Å². The molecule has 1 aromatic heterocycles. The van der Waals surface area contributed by atoms with E-state index in [1.165, 1.54) is 12.8 Å². The zero-order valence-corrected chi connectivity index (χ0v) is 8.80. The third kappa shape index (κ3) is 1.66. The van der Waals surface area contributed by atoms with Gasteiger partial charge in [-0.15, -0.1) is 0 Å². The van der Waals surface area contributed by atoms with Crippen LogP contribution in [0.5, 0.6) is 5.95 Å². The lowest BCUT2D eigenvalue weighted by atomic mass is 10.1. The average Bonchev–Trinajstić information content (AvgIpc) is 3.04. The van der Waals surface area contributed by atoms with Gasteiger partial charge in [-0.2, -0.15) is 0 Å². The number of rotatable bonds is 3. The smallest absolute Gasteiger partial charge is 0.264 e. The van der Waals surface area contributed by atoms with Crippen LogP contribution in [0.2, 0.25) is 0 Å². The summed E-state index contributed by atoms with van der Waals surface area (Å²) in [5.74, 6) is 0.309. The van der Waals surface area contributed by atoms with Crippen LogP contribution in [0, 0.1) is 5.92 Å². The Morgan fingerprint density at radius 3 is 2.75 bits per heavy atom. The van der Waals surface area contributed by atoms with E-state index in [9.17, 15) is 5.11 Å². The van der Waals surface area contributed by atoms with E-state index in [4.69, 9.17) is 4.52 Å². The maximum atomic E-state index is 11.6. The van der Waals surface area contributed by atoms with Gasteiger partial charge in [0.15, 0.2) is 12.5 Å². The lowest BCUT2D eigenvalue weighted by Crippen LogP contribution is -2.38. The fourth-order valence-corrected chi connectivity index (χ4v) is 1.81. The molecule has 3 rings (SSSR count). The first-order valence-electron chi connectivity index (χ1n) is 5.47. The summed E-state index contributed by atoms with van der Waals surface area (Å²) in [5, 5.41) is 15.4. The molecule has 0 unspecified atom stereocenters. The number of aromatic nitrogens is 2. The number of nitrogens with zero attached hydrogens (tertiary/aromatic N) is 2. The quantitative estimate of drug-likeness (QED) is 0.722. The van der Waals surface area contributed by atoms with E-state index in [2.05, 4.69) is 5.27 Å². The molecule has 1 aromatic carbocycles. The van der Waals surface area contributed by atoms with Crippen LogP contribution >= 0.6 is 0 Å². The Hall–Kier alpha value is -1.84. The van der Waals surface area contributed by atoms with Gasteiger partial charge in [-0.3, -0.25) is 0 Å². The molecule has 4 heteroatoms. The Bertz CT molecular complexity index is 489. The lowest BCUT2D eigenvalue weighted by molar-refractivity contribution is -0.755. The molecule has 0 saturated heterocycles. The summed E-state index contributed by atoms with van der Waals surface area (Å²) in [5.41, 5.74) is 1.43. The molecule has 1 fully saturated rings. The molecule has 0 aliphatic heterocycles. The second-order valence-electron chi connectivity index (χ2n) is 4.20. The van der Waals surface area contributed by atoms with Gasteiger partial charge in [0, 0.05) is 5.92 Å². The standard InChI is InChI=1S/C12H12N2O2/c15-12-11(10-4-2-1-3-5-10)14(13-16-12)8-9-6-7-9/h1-5,9H,6-8H2. The van der Waals surface area contributed by atoms with Gasteiger partial charge in [0.05, 0.1) is 10.8 Å². The van der Waals surface area contributed by atoms with Gasteiger partial charge in [0.2, 0.25) is 0 Å². The van der Waals surface area contributed by atoms with Crippen LogP contribution in [0.4, 0.5) is 0 Å². The van der Waals surface area contributed by atoms with E-state index in [0.29, 0.717) is 11.6 Å². The minimum atomic E-state index is -0.355. The van der Waals surface area contributed by atoms with Crippen molar-refractivity contribution in [2.45, 2.75) is 19.4 Å². The topological polar surface area (TPSA) is 53.0 Å². The van der Waals surface area contributed by atoms with Crippen LogP contribution < -0.4 is 9.79 Å². The molecule has 82 valence electrons. The predicted octanol–water partition coefficient (Wildman–Crippen LogP) is 1.11. The molecule has 1 heterocycles. The van der Waals surface area contributed by atoms with Crippen molar-refractivity contribution < 1.29 is 14.3 Å². The Morgan fingerprint density at radius 1 is 1.31 bits per heavy atom. The highest BCUT2D eigenvalue weighted by atomic mass is 16.6. The molecule has 0 bridgehead atoms. The molecule has 0 radical (unpaired) electrons. The zero-order valence-electron chi connectivity index (χ0n) is 8.80. The van der Waals surface area contributed by atoms with E-state index >= 15 is 0 Å². The molecule has 0 amide bonds. The average molecular weight is 216 g/mol. The number of hydrogen-bond donors (Lipinski definition) is 0. The maximum absolute atomic E-state index is 11.6. The summed E-state index contributed by atoms with van der Waals surface area (Å²) in [6.45, 7) is 0.788. The van der Waals surface area contributed by atoms with E-state index < -0.39 is 0 Å². The summed E-state index contributed by atoms with van der Waals surface area (Å²) in [6.07, 6.45) is 2.45. The van der Waals surface area contributed by atoms with E-state index in [-0.39, 0.29) is 5.95 Å². The van der Waals surface area contributed by atoms with Gasteiger partial charge >= 0.3 is 0 Å². The third-order valence-electron chi connectivity index (χ3n) is 2.85. The molecular formula is C12H12N2O2. The van der Waals surface area contributed by atoms with E-state index in [1.807, 2.05) is 30.3 Å². The molecule has 0 spiro atoms. The first-order chi connectivity index (χ1) is 7.84. The highest BCUT2D eigenvalue weighted by molar-refractivity contribution is 5.59. The Kier molecular flexibility index (Phi) is 2.13. The minimum Gasteiger partial charge on any atom is -0.539 e. The lowest BCUT2D eigenvalue weighted by Gasteiger charge is -1.97. The van der Waals surface area contributed by atoms with Crippen molar-refractivity contribution in [3.05, 3.63) is 30.3 Å². The maximum Gasteiger partial charge on any atom is 0.264 e. The Morgan fingerprint density at radius 2 is 2.06 bits per heavy atom. The molecular weight excluding hydrogens is 204 g/mol. The van der Waals surface area contributed by atoms with Gasteiger partial charge in [-0.05, 0) is 25.0 Å². The highest BCUT2D eigenvalue weighted by Crippen LogP contribution is 2.30. The van der Waals surface area contributed by atoms with Crippen molar-refractivity contribution >= 4 is 0 Å². The van der Waals surface area contributed by atoms with Crippen molar-refractivity contribution in [3.63, 3.8) is 0 Å². The summed E-state index contributed by atoms with van der Waals surface area (Å²) >= 11 is 0. The van der Waals surface area contributed by atoms with Crippen molar-refractivity contribution in [3.8, 4) is 17.2 Å². The molecule has 1 aliphatic rings. The van der Waals surface area contributed by atoms with E-state index in [1.54, 1.807) is 4.68 Å². The summed E-state index contributed by atoms with van der Waals surface area (Å²) in [6, 6.07) is 9.54. The molecule has 2 aromatic rings.